The predicted octanol–water partition coefficient (Wildman–Crippen LogP) is 5.36. The van der Waals surface area contributed by atoms with Gasteiger partial charge < -0.3 is 0 Å². The van der Waals surface area contributed by atoms with Crippen molar-refractivity contribution < 1.29 is 4.79 Å². The lowest BCUT2D eigenvalue weighted by molar-refractivity contribution is 0.0988. The Morgan fingerprint density at radius 3 is 2.61 bits per heavy atom. The summed E-state index contributed by atoms with van der Waals surface area (Å²) in [5.74, 6) is 0.109. The van der Waals surface area contributed by atoms with E-state index < -0.39 is 0 Å². The molecule has 0 aromatic heterocycles. The molecule has 0 spiro atoms. The first-order valence-corrected chi connectivity index (χ1v) is 6.87. The first-order valence-electron chi connectivity index (χ1n) is 5.70. The summed E-state index contributed by atoms with van der Waals surface area (Å²) in [4.78, 5) is 11.6. The summed E-state index contributed by atoms with van der Waals surface area (Å²) in [6, 6.07) is 13.4. The smallest absolute Gasteiger partial charge is 0.162 e. The van der Waals surface area contributed by atoms with Crippen molar-refractivity contribution in [3.63, 3.8) is 0 Å². The van der Waals surface area contributed by atoms with Gasteiger partial charge in [-0.1, -0.05) is 58.7 Å². The number of rotatable bonds is 3. The third kappa shape index (κ3) is 2.82. The average molecular weight is 324 g/mol. The minimum absolute atomic E-state index is 0.109. The molecule has 0 N–H and O–H groups in total. The van der Waals surface area contributed by atoms with Crippen LogP contribution in [-0.2, 0) is 0 Å². The van der Waals surface area contributed by atoms with Gasteiger partial charge in [0.1, 0.15) is 0 Å². The van der Waals surface area contributed by atoms with Crippen molar-refractivity contribution in [3.8, 4) is 11.1 Å². The van der Waals surface area contributed by atoms with E-state index in [0.29, 0.717) is 17.0 Å². The number of benzene rings is 2. The van der Waals surface area contributed by atoms with Crippen LogP contribution >= 0.6 is 27.5 Å². The van der Waals surface area contributed by atoms with E-state index in [1.165, 1.54) is 0 Å². The van der Waals surface area contributed by atoms with E-state index in [1.54, 1.807) is 6.07 Å². The third-order valence-corrected chi connectivity index (χ3v) is 3.55. The highest BCUT2D eigenvalue weighted by Gasteiger charge is 2.08. The van der Waals surface area contributed by atoms with E-state index in [4.69, 9.17) is 11.6 Å². The molecule has 0 aliphatic rings. The van der Waals surface area contributed by atoms with Gasteiger partial charge in [-0.2, -0.15) is 0 Å². The fourth-order valence-corrected chi connectivity index (χ4v) is 2.47. The average Bonchev–Trinajstić information content (AvgIpc) is 2.37. The molecule has 0 saturated carbocycles. The van der Waals surface area contributed by atoms with Gasteiger partial charge in [0.15, 0.2) is 5.78 Å². The molecule has 0 atom stereocenters. The van der Waals surface area contributed by atoms with Crippen molar-refractivity contribution in [3.05, 3.63) is 57.5 Å². The molecule has 2 aromatic carbocycles. The maximum atomic E-state index is 11.6. The van der Waals surface area contributed by atoms with Crippen molar-refractivity contribution in [2.24, 2.45) is 0 Å². The molecule has 0 aliphatic carbocycles. The highest BCUT2D eigenvalue weighted by Crippen LogP contribution is 2.30. The zero-order chi connectivity index (χ0) is 13.1. The van der Waals surface area contributed by atoms with E-state index in [0.717, 1.165) is 15.6 Å². The molecule has 0 aliphatic heterocycles. The minimum atomic E-state index is 0.109. The highest BCUT2D eigenvalue weighted by molar-refractivity contribution is 9.10. The van der Waals surface area contributed by atoms with Crippen LogP contribution < -0.4 is 0 Å². The molecule has 18 heavy (non-hydrogen) atoms. The fraction of sp³-hybridized carbons (Fsp3) is 0.133. The quantitative estimate of drug-likeness (QED) is 0.695. The van der Waals surface area contributed by atoms with Gasteiger partial charge in [0, 0.05) is 27.0 Å². The summed E-state index contributed by atoms with van der Waals surface area (Å²) >= 11 is 9.69. The van der Waals surface area contributed by atoms with Crippen molar-refractivity contribution in [1.29, 1.82) is 0 Å². The van der Waals surface area contributed by atoms with E-state index in [2.05, 4.69) is 15.9 Å². The Bertz CT molecular complexity index is 593. The summed E-state index contributed by atoms with van der Waals surface area (Å²) in [5, 5.41) is 0.604. The van der Waals surface area contributed by atoms with Gasteiger partial charge in [-0.3, -0.25) is 4.79 Å². The Kier molecular flexibility index (Phi) is 4.20. The molecule has 1 nitrogen and oxygen atoms in total. The second-order valence-electron chi connectivity index (χ2n) is 3.98. The molecule has 0 fully saturated rings. The zero-order valence-electron chi connectivity index (χ0n) is 9.91. The molecule has 2 aromatic rings. The van der Waals surface area contributed by atoms with Gasteiger partial charge >= 0.3 is 0 Å². The lowest BCUT2D eigenvalue weighted by atomic mass is 10.0. The zero-order valence-corrected chi connectivity index (χ0v) is 12.3. The van der Waals surface area contributed by atoms with Crippen LogP contribution in [0.15, 0.2) is 46.9 Å². The maximum absolute atomic E-state index is 11.6. The second kappa shape index (κ2) is 5.68. The second-order valence-corrected chi connectivity index (χ2v) is 5.30. The number of halogens is 2. The largest absolute Gasteiger partial charge is 0.294 e. The van der Waals surface area contributed by atoms with Crippen LogP contribution in [0, 0.1) is 0 Å². The number of carbonyl (C=O) groups is 1. The SMILES string of the molecule is CCC(=O)c1ccc(-c2cccc(Br)c2)c(Cl)c1. The molecule has 0 bridgehead atoms. The van der Waals surface area contributed by atoms with Crippen LogP contribution in [0.3, 0.4) is 0 Å². The van der Waals surface area contributed by atoms with E-state index >= 15 is 0 Å². The Morgan fingerprint density at radius 1 is 1.22 bits per heavy atom. The number of hydrogen-bond acceptors (Lipinski definition) is 1. The molecule has 0 amide bonds. The van der Waals surface area contributed by atoms with Gasteiger partial charge in [-0.15, -0.1) is 0 Å². The topological polar surface area (TPSA) is 17.1 Å². The molecular weight excluding hydrogens is 312 g/mol. The summed E-state index contributed by atoms with van der Waals surface area (Å²) < 4.78 is 1.00. The van der Waals surface area contributed by atoms with Gasteiger partial charge in [-0.25, -0.2) is 0 Å². The van der Waals surface area contributed by atoms with Crippen molar-refractivity contribution >= 4 is 33.3 Å². The van der Waals surface area contributed by atoms with Crippen molar-refractivity contribution in [2.75, 3.05) is 0 Å². The molecule has 0 heterocycles. The van der Waals surface area contributed by atoms with E-state index in [9.17, 15) is 4.79 Å². The van der Waals surface area contributed by atoms with Gasteiger partial charge in [0.25, 0.3) is 0 Å². The maximum Gasteiger partial charge on any atom is 0.162 e. The van der Waals surface area contributed by atoms with Crippen LogP contribution in [0.1, 0.15) is 23.7 Å². The molecule has 0 saturated heterocycles. The fourth-order valence-electron chi connectivity index (χ4n) is 1.78. The Balaban J connectivity index is 2.45. The van der Waals surface area contributed by atoms with Crippen LogP contribution in [0.2, 0.25) is 5.02 Å². The summed E-state index contributed by atoms with van der Waals surface area (Å²) in [6.45, 7) is 1.85. The van der Waals surface area contributed by atoms with Gasteiger partial charge in [0.2, 0.25) is 0 Å². The first kappa shape index (κ1) is 13.3. The van der Waals surface area contributed by atoms with E-state index in [-0.39, 0.29) is 5.78 Å². The molecule has 2 rings (SSSR count). The first-order chi connectivity index (χ1) is 8.61. The molecule has 92 valence electrons. The van der Waals surface area contributed by atoms with Crippen LogP contribution in [-0.4, -0.2) is 5.78 Å². The number of hydrogen-bond donors (Lipinski definition) is 0. The van der Waals surface area contributed by atoms with Crippen LogP contribution in [0.5, 0.6) is 0 Å². The third-order valence-electron chi connectivity index (χ3n) is 2.75. The highest BCUT2D eigenvalue weighted by atomic mass is 79.9. The van der Waals surface area contributed by atoms with E-state index in [1.807, 2.05) is 43.3 Å². The summed E-state index contributed by atoms with van der Waals surface area (Å²) in [6.07, 6.45) is 0.493. The minimum Gasteiger partial charge on any atom is -0.294 e. The standard InChI is InChI=1S/C15H12BrClO/c1-2-15(18)11-6-7-13(14(17)9-11)10-4-3-5-12(16)8-10/h3-9H,2H2,1H3. The predicted molar refractivity (Wildman–Crippen MR) is 79.2 cm³/mol. The molecule has 0 unspecified atom stereocenters. The lowest BCUT2D eigenvalue weighted by Crippen LogP contribution is -1.96. The van der Waals surface area contributed by atoms with Crippen LogP contribution in [0.4, 0.5) is 0 Å². The summed E-state index contributed by atoms with van der Waals surface area (Å²) in [5.41, 5.74) is 2.64. The van der Waals surface area contributed by atoms with Crippen LogP contribution in [0.25, 0.3) is 11.1 Å². The lowest BCUT2D eigenvalue weighted by Gasteiger charge is -2.07. The van der Waals surface area contributed by atoms with Crippen molar-refractivity contribution in [2.45, 2.75) is 13.3 Å². The molecular formula is C15H12BrClO. The normalized spacial score (nSPS) is 10.4. The Labute approximate surface area is 120 Å². The molecule has 3 heteroatoms. The number of carbonyl (C=O) groups excluding carboxylic acids is 1. The monoisotopic (exact) mass is 322 g/mol. The van der Waals surface area contributed by atoms with Crippen molar-refractivity contribution in [1.82, 2.24) is 0 Å². The number of Topliss-reactive ketones (excluding diaryl/α,β-unsaturated/α-hetero) is 1. The van der Waals surface area contributed by atoms with Gasteiger partial charge in [-0.05, 0) is 23.8 Å². The molecule has 0 radical (unpaired) electrons. The summed E-state index contributed by atoms with van der Waals surface area (Å²) in [7, 11) is 0. The number of ketones is 1. The Hall–Kier alpha value is -1.12. The van der Waals surface area contributed by atoms with Gasteiger partial charge in [0.05, 0.1) is 0 Å². The Morgan fingerprint density at radius 2 is 2.00 bits per heavy atom.